The van der Waals surface area contributed by atoms with E-state index in [9.17, 15) is 4.79 Å². The summed E-state index contributed by atoms with van der Waals surface area (Å²) in [7, 11) is 1.88. The van der Waals surface area contributed by atoms with Crippen LogP contribution in [0.5, 0.6) is 0 Å². The topological polar surface area (TPSA) is 94.0 Å². The Morgan fingerprint density at radius 1 is 0.943 bits per heavy atom. The minimum absolute atomic E-state index is 0.511. The smallest absolute Gasteiger partial charge is 0.435 e. The van der Waals surface area contributed by atoms with E-state index < -0.39 is 11.7 Å². The van der Waals surface area contributed by atoms with Crippen LogP contribution in [-0.2, 0) is 4.74 Å². The van der Waals surface area contributed by atoms with Crippen molar-refractivity contribution in [2.75, 3.05) is 17.7 Å². The van der Waals surface area contributed by atoms with Crippen LogP contribution in [0.1, 0.15) is 20.8 Å². The number of hydrogen-bond acceptors (Lipinski definition) is 7. The van der Waals surface area contributed by atoms with E-state index in [0.29, 0.717) is 17.2 Å². The minimum Gasteiger partial charge on any atom is -0.442 e. The van der Waals surface area contributed by atoms with Gasteiger partial charge in [-0.1, -0.05) is 24.3 Å². The average molecular weight is 467 g/mol. The van der Waals surface area contributed by atoms with Crippen LogP contribution in [0.4, 0.5) is 22.0 Å². The Kier molecular flexibility index (Phi) is 5.56. The monoisotopic (exact) mass is 466 g/mol. The fourth-order valence-corrected chi connectivity index (χ4v) is 3.81. The number of fused-ring (bicyclic) bond motifs is 2. The molecule has 5 rings (SSSR count). The van der Waals surface area contributed by atoms with Crippen molar-refractivity contribution in [2.24, 2.45) is 0 Å². The first-order valence-electron chi connectivity index (χ1n) is 11.3. The number of carbonyl (C=O) groups excluding carboxylic acids is 1. The highest BCUT2D eigenvalue weighted by molar-refractivity contribution is 5.94. The van der Waals surface area contributed by atoms with Crippen molar-refractivity contribution >= 4 is 45.1 Å². The van der Waals surface area contributed by atoms with E-state index in [2.05, 4.69) is 15.7 Å². The van der Waals surface area contributed by atoms with Gasteiger partial charge in [0.25, 0.3) is 0 Å². The maximum absolute atomic E-state index is 12.5. The van der Waals surface area contributed by atoms with Crippen LogP contribution in [0, 0.1) is 0 Å². The van der Waals surface area contributed by atoms with Crippen molar-refractivity contribution in [2.45, 2.75) is 26.4 Å². The van der Waals surface area contributed by atoms with E-state index in [1.165, 1.54) is 4.68 Å². The third-order valence-corrected chi connectivity index (χ3v) is 5.41. The Hall–Kier alpha value is -4.46. The second-order valence-corrected chi connectivity index (χ2v) is 9.18. The van der Waals surface area contributed by atoms with Gasteiger partial charge in [0, 0.05) is 34.8 Å². The lowest BCUT2D eigenvalue weighted by Crippen LogP contribution is -2.27. The molecule has 0 aliphatic rings. The van der Waals surface area contributed by atoms with Crippen LogP contribution in [0.25, 0.3) is 33.2 Å². The van der Waals surface area contributed by atoms with Gasteiger partial charge in [-0.2, -0.15) is 9.78 Å². The number of nitrogens with one attached hydrogen (secondary N) is 2. The molecule has 0 amide bonds. The molecule has 8 nitrogen and oxygen atoms in total. The SMILES string of the molecule is CNc1cccc(-c2nc(Nc3ccc4c(cnn4C(=O)OC(C)(C)C)c3)c3ccccc3n2)c1. The summed E-state index contributed by atoms with van der Waals surface area (Å²) in [5.74, 6) is 1.32. The summed E-state index contributed by atoms with van der Waals surface area (Å²) in [6.45, 7) is 5.48. The second kappa shape index (κ2) is 8.72. The van der Waals surface area contributed by atoms with Crippen molar-refractivity contribution in [3.05, 3.63) is 72.9 Å². The number of para-hydroxylation sites is 1. The first kappa shape index (κ1) is 22.3. The molecule has 3 aromatic carbocycles. The zero-order valence-corrected chi connectivity index (χ0v) is 20.0. The van der Waals surface area contributed by atoms with E-state index in [1.54, 1.807) is 6.20 Å². The molecule has 0 atom stereocenters. The summed E-state index contributed by atoms with van der Waals surface area (Å²) in [4.78, 5) is 22.1. The highest BCUT2D eigenvalue weighted by Gasteiger charge is 2.20. The van der Waals surface area contributed by atoms with E-state index >= 15 is 0 Å². The van der Waals surface area contributed by atoms with E-state index in [-0.39, 0.29) is 0 Å². The number of aromatic nitrogens is 4. The summed E-state index contributed by atoms with van der Waals surface area (Å²) in [6.07, 6.45) is 1.14. The van der Waals surface area contributed by atoms with Gasteiger partial charge in [0.2, 0.25) is 0 Å². The molecule has 5 aromatic rings. The molecule has 176 valence electrons. The normalized spacial score (nSPS) is 11.5. The Morgan fingerprint density at radius 3 is 2.57 bits per heavy atom. The molecule has 0 radical (unpaired) electrons. The van der Waals surface area contributed by atoms with Gasteiger partial charge in [-0.05, 0) is 63.2 Å². The predicted molar refractivity (Wildman–Crippen MR) is 139 cm³/mol. The summed E-state index contributed by atoms with van der Waals surface area (Å²) in [6, 6.07) is 21.5. The molecule has 0 aliphatic carbocycles. The molecular formula is C27H26N6O2. The zero-order valence-electron chi connectivity index (χ0n) is 20.0. The first-order chi connectivity index (χ1) is 16.8. The average Bonchev–Trinajstić information content (AvgIpc) is 3.26. The van der Waals surface area contributed by atoms with Gasteiger partial charge < -0.3 is 15.4 Å². The molecule has 0 spiro atoms. The molecule has 2 N–H and O–H groups in total. The standard InChI is InChI=1S/C27H26N6O2/c1-27(2,3)35-26(34)33-23-13-12-20(15-18(23)16-29-33)30-25-21-10-5-6-11-22(21)31-24(32-25)17-8-7-9-19(14-17)28-4/h5-16,28H,1-4H3,(H,30,31,32). The van der Waals surface area contributed by atoms with Crippen LogP contribution >= 0.6 is 0 Å². The van der Waals surface area contributed by atoms with Crippen molar-refractivity contribution in [1.82, 2.24) is 19.7 Å². The molecule has 8 heteroatoms. The van der Waals surface area contributed by atoms with Gasteiger partial charge in [-0.25, -0.2) is 14.8 Å². The van der Waals surface area contributed by atoms with Crippen LogP contribution in [-0.4, -0.2) is 38.5 Å². The third kappa shape index (κ3) is 4.63. The molecule has 0 bridgehead atoms. The molecular weight excluding hydrogens is 440 g/mol. The van der Waals surface area contributed by atoms with E-state index in [1.807, 2.05) is 94.5 Å². The highest BCUT2D eigenvalue weighted by Crippen LogP contribution is 2.29. The molecule has 2 aromatic heterocycles. The zero-order chi connectivity index (χ0) is 24.6. The van der Waals surface area contributed by atoms with Gasteiger partial charge in [0.05, 0.1) is 17.2 Å². The summed E-state index contributed by atoms with van der Waals surface area (Å²) in [5.41, 5.74) is 3.63. The van der Waals surface area contributed by atoms with Gasteiger partial charge in [-0.15, -0.1) is 0 Å². The molecule has 0 saturated heterocycles. The van der Waals surface area contributed by atoms with Crippen molar-refractivity contribution in [3.63, 3.8) is 0 Å². The second-order valence-electron chi connectivity index (χ2n) is 9.18. The van der Waals surface area contributed by atoms with Crippen molar-refractivity contribution < 1.29 is 9.53 Å². The van der Waals surface area contributed by atoms with Gasteiger partial charge in [0.1, 0.15) is 11.4 Å². The number of carbonyl (C=O) groups is 1. The van der Waals surface area contributed by atoms with Crippen molar-refractivity contribution in [1.29, 1.82) is 0 Å². The number of ether oxygens (including phenoxy) is 1. The van der Waals surface area contributed by atoms with Crippen LogP contribution in [0.15, 0.2) is 72.9 Å². The van der Waals surface area contributed by atoms with E-state index in [4.69, 9.17) is 14.7 Å². The quantitative estimate of drug-likeness (QED) is 0.325. The lowest BCUT2D eigenvalue weighted by molar-refractivity contribution is 0.0522. The summed E-state index contributed by atoms with van der Waals surface area (Å²) >= 11 is 0. The minimum atomic E-state index is -0.602. The molecule has 2 heterocycles. The fourth-order valence-electron chi connectivity index (χ4n) is 3.81. The van der Waals surface area contributed by atoms with Crippen LogP contribution in [0.2, 0.25) is 0 Å². The summed E-state index contributed by atoms with van der Waals surface area (Å²) < 4.78 is 6.74. The van der Waals surface area contributed by atoms with Gasteiger partial charge in [-0.3, -0.25) is 0 Å². The highest BCUT2D eigenvalue weighted by atomic mass is 16.6. The predicted octanol–water partition coefficient (Wildman–Crippen LogP) is 6.22. The first-order valence-corrected chi connectivity index (χ1v) is 11.3. The maximum Gasteiger partial charge on any atom is 0.435 e. The number of nitrogens with zero attached hydrogens (tertiary/aromatic N) is 4. The molecule has 0 aliphatic heterocycles. The fraction of sp³-hybridized carbons (Fsp3) is 0.185. The largest absolute Gasteiger partial charge is 0.442 e. The Bertz CT molecular complexity index is 1550. The lowest BCUT2D eigenvalue weighted by Gasteiger charge is -2.19. The number of hydrogen-bond donors (Lipinski definition) is 2. The number of anilines is 3. The Morgan fingerprint density at radius 2 is 1.77 bits per heavy atom. The van der Waals surface area contributed by atoms with Crippen molar-refractivity contribution in [3.8, 4) is 11.4 Å². The van der Waals surface area contributed by atoms with E-state index in [0.717, 1.165) is 33.2 Å². The molecule has 0 saturated carbocycles. The maximum atomic E-state index is 12.5. The van der Waals surface area contributed by atoms with Crippen LogP contribution in [0.3, 0.4) is 0 Å². The number of rotatable bonds is 4. The summed E-state index contributed by atoms with van der Waals surface area (Å²) in [5, 5.41) is 12.5. The Balaban J connectivity index is 1.52. The molecule has 35 heavy (non-hydrogen) atoms. The lowest BCUT2D eigenvalue weighted by atomic mass is 10.1. The van der Waals surface area contributed by atoms with Gasteiger partial charge >= 0.3 is 6.09 Å². The molecule has 0 unspecified atom stereocenters. The molecule has 0 fully saturated rings. The Labute approximate surface area is 203 Å². The van der Waals surface area contributed by atoms with Crippen LogP contribution < -0.4 is 10.6 Å². The van der Waals surface area contributed by atoms with Gasteiger partial charge in [0.15, 0.2) is 5.82 Å². The number of benzene rings is 3. The third-order valence-electron chi connectivity index (χ3n) is 5.41.